The van der Waals surface area contributed by atoms with Crippen molar-refractivity contribution in [1.29, 1.82) is 0 Å². The van der Waals surface area contributed by atoms with Gasteiger partial charge < -0.3 is 14.7 Å². The summed E-state index contributed by atoms with van der Waals surface area (Å²) in [6, 6.07) is 9.31. The number of benzene rings is 1. The Morgan fingerprint density at radius 2 is 2.21 bits per heavy atom. The van der Waals surface area contributed by atoms with Gasteiger partial charge in [0.15, 0.2) is 5.67 Å². The van der Waals surface area contributed by atoms with Gasteiger partial charge in [0.05, 0.1) is 12.6 Å². The standard InChI is InChI=1S/C14H18FNO3/c1-14(15)10-16(8-7-12(14)17)13(18)19-9-11-5-3-2-4-6-11/h2-6,12,17H,7-10H2,1H3/t12-,14-/m0/s1. The fraction of sp³-hybridized carbons (Fsp3) is 0.500. The lowest BCUT2D eigenvalue weighted by molar-refractivity contribution is -0.0546. The van der Waals surface area contributed by atoms with Crippen LogP contribution in [-0.4, -0.2) is 41.0 Å². The maximum absolute atomic E-state index is 13.9. The van der Waals surface area contributed by atoms with Crippen molar-refractivity contribution in [2.45, 2.75) is 31.7 Å². The van der Waals surface area contributed by atoms with Crippen LogP contribution in [0, 0.1) is 0 Å². The van der Waals surface area contributed by atoms with Gasteiger partial charge in [-0.1, -0.05) is 30.3 Å². The molecule has 4 nitrogen and oxygen atoms in total. The van der Waals surface area contributed by atoms with Gasteiger partial charge in [-0.25, -0.2) is 9.18 Å². The number of likely N-dealkylation sites (tertiary alicyclic amines) is 1. The number of hydrogen-bond donors (Lipinski definition) is 1. The predicted molar refractivity (Wildman–Crippen MR) is 68.3 cm³/mol. The third-order valence-electron chi connectivity index (χ3n) is 3.33. The van der Waals surface area contributed by atoms with E-state index < -0.39 is 17.9 Å². The van der Waals surface area contributed by atoms with E-state index in [1.54, 1.807) is 0 Å². The second-order valence-corrected chi connectivity index (χ2v) is 5.04. The van der Waals surface area contributed by atoms with E-state index >= 15 is 0 Å². The van der Waals surface area contributed by atoms with Crippen LogP contribution in [0.25, 0.3) is 0 Å². The van der Waals surface area contributed by atoms with Gasteiger partial charge in [-0.3, -0.25) is 0 Å². The number of aliphatic hydroxyl groups excluding tert-OH is 1. The van der Waals surface area contributed by atoms with E-state index in [9.17, 15) is 14.3 Å². The van der Waals surface area contributed by atoms with Gasteiger partial charge in [0.2, 0.25) is 0 Å². The van der Waals surface area contributed by atoms with Crippen molar-refractivity contribution in [1.82, 2.24) is 4.90 Å². The molecule has 1 aromatic rings. The highest BCUT2D eigenvalue weighted by Gasteiger charge is 2.40. The number of carbonyl (C=O) groups excluding carboxylic acids is 1. The van der Waals surface area contributed by atoms with Gasteiger partial charge in [-0.2, -0.15) is 0 Å². The molecule has 1 aliphatic rings. The summed E-state index contributed by atoms with van der Waals surface area (Å²) >= 11 is 0. The summed E-state index contributed by atoms with van der Waals surface area (Å²) in [5.74, 6) is 0. The summed E-state index contributed by atoms with van der Waals surface area (Å²) in [5, 5.41) is 9.49. The van der Waals surface area contributed by atoms with E-state index in [-0.39, 0.29) is 19.6 Å². The van der Waals surface area contributed by atoms with Crippen molar-refractivity contribution >= 4 is 6.09 Å². The molecule has 5 heteroatoms. The third-order valence-corrected chi connectivity index (χ3v) is 3.33. The van der Waals surface area contributed by atoms with Crippen LogP contribution in [0.15, 0.2) is 30.3 Å². The highest BCUT2D eigenvalue weighted by molar-refractivity contribution is 5.68. The second kappa shape index (κ2) is 5.57. The van der Waals surface area contributed by atoms with Gasteiger partial charge in [0.25, 0.3) is 0 Å². The fourth-order valence-corrected chi connectivity index (χ4v) is 2.10. The Bertz CT molecular complexity index is 436. The van der Waals surface area contributed by atoms with E-state index in [4.69, 9.17) is 4.74 Å². The Morgan fingerprint density at radius 1 is 1.53 bits per heavy atom. The Balaban J connectivity index is 1.87. The zero-order chi connectivity index (χ0) is 13.9. The molecule has 2 atom stereocenters. The molecule has 2 rings (SSSR count). The first-order valence-electron chi connectivity index (χ1n) is 6.31. The van der Waals surface area contributed by atoms with Crippen molar-refractivity contribution < 1.29 is 19.0 Å². The van der Waals surface area contributed by atoms with Crippen LogP contribution in [0.5, 0.6) is 0 Å². The Hall–Kier alpha value is -1.62. The lowest BCUT2D eigenvalue weighted by Crippen LogP contribution is -2.54. The first kappa shape index (κ1) is 13.8. The molecule has 0 unspecified atom stereocenters. The number of amides is 1. The van der Waals surface area contributed by atoms with Gasteiger partial charge >= 0.3 is 6.09 Å². The van der Waals surface area contributed by atoms with Crippen LogP contribution in [0.1, 0.15) is 18.9 Å². The van der Waals surface area contributed by atoms with E-state index in [1.165, 1.54) is 11.8 Å². The van der Waals surface area contributed by atoms with Crippen molar-refractivity contribution in [3.8, 4) is 0 Å². The molecular formula is C14H18FNO3. The van der Waals surface area contributed by atoms with Gasteiger partial charge in [-0.05, 0) is 18.9 Å². The smallest absolute Gasteiger partial charge is 0.410 e. The summed E-state index contributed by atoms with van der Waals surface area (Å²) in [6.45, 7) is 1.64. The van der Waals surface area contributed by atoms with Gasteiger partial charge in [0.1, 0.15) is 6.61 Å². The molecule has 104 valence electrons. The zero-order valence-electron chi connectivity index (χ0n) is 10.9. The molecule has 1 aromatic carbocycles. The minimum absolute atomic E-state index is 0.137. The summed E-state index contributed by atoms with van der Waals surface area (Å²) < 4.78 is 19.1. The van der Waals surface area contributed by atoms with Crippen LogP contribution >= 0.6 is 0 Å². The summed E-state index contributed by atoms with van der Waals surface area (Å²) in [5.41, 5.74) is -0.889. The van der Waals surface area contributed by atoms with Crippen molar-refractivity contribution in [2.24, 2.45) is 0 Å². The normalized spacial score (nSPS) is 27.1. The first-order valence-corrected chi connectivity index (χ1v) is 6.31. The topological polar surface area (TPSA) is 49.8 Å². The molecule has 1 heterocycles. The predicted octanol–water partition coefficient (Wildman–Crippen LogP) is 2.12. The number of halogens is 1. The lowest BCUT2D eigenvalue weighted by atomic mass is 9.94. The van der Waals surface area contributed by atoms with Crippen molar-refractivity contribution in [2.75, 3.05) is 13.1 Å². The molecule has 0 spiro atoms. The summed E-state index contributed by atoms with van der Waals surface area (Å²) in [4.78, 5) is 13.1. The van der Waals surface area contributed by atoms with Gasteiger partial charge in [-0.15, -0.1) is 0 Å². The van der Waals surface area contributed by atoms with Crippen molar-refractivity contribution in [3.05, 3.63) is 35.9 Å². The maximum Gasteiger partial charge on any atom is 0.410 e. The molecule has 1 saturated heterocycles. The van der Waals surface area contributed by atoms with E-state index in [0.717, 1.165) is 5.56 Å². The van der Waals surface area contributed by atoms with Crippen LogP contribution in [-0.2, 0) is 11.3 Å². The van der Waals surface area contributed by atoms with Crippen LogP contribution in [0.4, 0.5) is 9.18 Å². The number of piperidine rings is 1. The molecule has 0 radical (unpaired) electrons. The van der Waals surface area contributed by atoms with E-state index in [1.807, 2.05) is 30.3 Å². The molecule has 1 N–H and O–H groups in total. The number of nitrogens with zero attached hydrogens (tertiary/aromatic N) is 1. The monoisotopic (exact) mass is 267 g/mol. The van der Waals surface area contributed by atoms with Gasteiger partial charge in [0, 0.05) is 6.54 Å². The largest absolute Gasteiger partial charge is 0.445 e. The molecule has 1 fully saturated rings. The highest BCUT2D eigenvalue weighted by atomic mass is 19.1. The van der Waals surface area contributed by atoms with Crippen LogP contribution in [0.3, 0.4) is 0 Å². The molecule has 1 amide bonds. The molecule has 0 bridgehead atoms. The summed E-state index contributed by atoms with van der Waals surface area (Å²) in [7, 11) is 0. The minimum atomic E-state index is -1.77. The quantitative estimate of drug-likeness (QED) is 0.893. The van der Waals surface area contributed by atoms with Crippen LogP contribution < -0.4 is 0 Å². The number of rotatable bonds is 2. The fourth-order valence-electron chi connectivity index (χ4n) is 2.10. The summed E-state index contributed by atoms with van der Waals surface area (Å²) in [6.07, 6.45) is -1.33. The first-order chi connectivity index (χ1) is 8.99. The lowest BCUT2D eigenvalue weighted by Gasteiger charge is -2.37. The number of aliphatic hydroxyl groups is 1. The minimum Gasteiger partial charge on any atom is -0.445 e. The average molecular weight is 267 g/mol. The zero-order valence-corrected chi connectivity index (χ0v) is 10.9. The molecule has 19 heavy (non-hydrogen) atoms. The Labute approximate surface area is 111 Å². The SMILES string of the molecule is C[C@]1(F)CN(C(=O)OCc2ccccc2)CC[C@@H]1O. The number of carbonyl (C=O) groups is 1. The van der Waals surface area contributed by atoms with Crippen LogP contribution in [0.2, 0.25) is 0 Å². The molecule has 0 aromatic heterocycles. The maximum atomic E-state index is 13.9. The molecule has 0 saturated carbocycles. The Kier molecular flexibility index (Phi) is 4.04. The van der Waals surface area contributed by atoms with E-state index in [2.05, 4.69) is 0 Å². The number of hydrogen-bond acceptors (Lipinski definition) is 3. The molecular weight excluding hydrogens is 249 g/mol. The van der Waals surface area contributed by atoms with E-state index in [0.29, 0.717) is 6.54 Å². The second-order valence-electron chi connectivity index (χ2n) is 5.04. The number of alkyl halides is 1. The number of ether oxygens (including phenoxy) is 1. The average Bonchev–Trinajstić information content (AvgIpc) is 2.40. The van der Waals surface area contributed by atoms with Crippen molar-refractivity contribution in [3.63, 3.8) is 0 Å². The molecule has 0 aliphatic carbocycles. The Morgan fingerprint density at radius 3 is 2.84 bits per heavy atom. The molecule has 1 aliphatic heterocycles. The highest BCUT2D eigenvalue weighted by Crippen LogP contribution is 2.25. The third kappa shape index (κ3) is 3.44.